The highest BCUT2D eigenvalue weighted by molar-refractivity contribution is 7.99. The number of thioether (sulfide) groups is 1. The molecule has 1 aromatic carbocycles. The summed E-state index contributed by atoms with van der Waals surface area (Å²) in [6.07, 6.45) is 0. The van der Waals surface area contributed by atoms with E-state index in [2.05, 4.69) is 5.32 Å². The molecule has 31 heavy (non-hydrogen) atoms. The number of nitrogens with two attached hydrogens (primary N) is 1. The van der Waals surface area contributed by atoms with Crippen LogP contribution in [0, 0.1) is 10.1 Å². The van der Waals surface area contributed by atoms with Gasteiger partial charge in [-0.1, -0.05) is 12.1 Å². The lowest BCUT2D eigenvalue weighted by Crippen LogP contribution is -2.34. The average Bonchev–Trinajstić information content (AvgIpc) is 2.72. The lowest BCUT2D eigenvalue weighted by atomic mass is 9.80. The Morgan fingerprint density at radius 1 is 1.32 bits per heavy atom. The molecule has 0 fully saturated rings. The second-order valence-corrected chi connectivity index (χ2v) is 8.08. The van der Waals surface area contributed by atoms with Crippen LogP contribution < -0.4 is 11.1 Å². The lowest BCUT2D eigenvalue weighted by Gasteiger charge is -2.31. The van der Waals surface area contributed by atoms with Gasteiger partial charge in [-0.3, -0.25) is 10.1 Å². The van der Waals surface area contributed by atoms with Gasteiger partial charge in [-0.15, -0.1) is 0 Å². The number of allylic oxidation sites excluding steroid dienone is 1. The molecular weight excluding hydrogens is 422 g/mol. The molecule has 2 rings (SSSR count). The Morgan fingerprint density at radius 3 is 2.61 bits per heavy atom. The van der Waals surface area contributed by atoms with Crippen LogP contribution in [0.5, 0.6) is 0 Å². The molecule has 0 bridgehead atoms. The van der Waals surface area contributed by atoms with E-state index in [0.29, 0.717) is 28.5 Å². The maximum absolute atomic E-state index is 13.0. The summed E-state index contributed by atoms with van der Waals surface area (Å²) in [7, 11) is 1.24. The van der Waals surface area contributed by atoms with Gasteiger partial charge in [-0.2, -0.15) is 11.8 Å². The van der Waals surface area contributed by atoms with Crippen LogP contribution in [0.3, 0.4) is 0 Å². The third kappa shape index (κ3) is 5.86. The fourth-order valence-corrected chi connectivity index (χ4v) is 4.26. The number of dihydropyridines is 1. The van der Waals surface area contributed by atoms with Crippen LogP contribution in [0.1, 0.15) is 32.3 Å². The molecule has 1 heterocycles. The van der Waals surface area contributed by atoms with Gasteiger partial charge < -0.3 is 20.5 Å². The molecule has 3 N–H and O–H groups in total. The first-order chi connectivity index (χ1) is 14.7. The minimum absolute atomic E-state index is 0.0323. The largest absolute Gasteiger partial charge is 0.466 e. The van der Waals surface area contributed by atoms with Gasteiger partial charge in [0.2, 0.25) is 0 Å². The quantitative estimate of drug-likeness (QED) is 0.331. The van der Waals surface area contributed by atoms with Gasteiger partial charge in [0.25, 0.3) is 5.69 Å². The maximum atomic E-state index is 13.0. The molecule has 2 atom stereocenters. The van der Waals surface area contributed by atoms with Gasteiger partial charge in [0.05, 0.1) is 35.7 Å². The Morgan fingerprint density at radius 2 is 2.03 bits per heavy atom. The smallest absolute Gasteiger partial charge is 0.336 e. The molecule has 10 heteroatoms. The highest BCUT2D eigenvalue weighted by Gasteiger charge is 2.39. The van der Waals surface area contributed by atoms with E-state index in [0.717, 1.165) is 0 Å². The zero-order valence-corrected chi connectivity index (χ0v) is 18.8. The Labute approximate surface area is 185 Å². The van der Waals surface area contributed by atoms with Crippen molar-refractivity contribution in [2.45, 2.75) is 32.7 Å². The molecular formula is C21H27N3O6S. The second-order valence-electron chi connectivity index (χ2n) is 7.05. The van der Waals surface area contributed by atoms with Crippen LogP contribution in [0.15, 0.2) is 46.8 Å². The van der Waals surface area contributed by atoms with Gasteiger partial charge in [0.1, 0.15) is 0 Å². The Kier molecular flexibility index (Phi) is 8.64. The number of carbonyl (C=O) groups excluding carboxylic acids is 2. The zero-order chi connectivity index (χ0) is 23.1. The highest BCUT2D eigenvalue weighted by atomic mass is 32.2. The third-order valence-corrected chi connectivity index (χ3v) is 5.84. The van der Waals surface area contributed by atoms with E-state index in [4.69, 9.17) is 15.2 Å². The van der Waals surface area contributed by atoms with Crippen molar-refractivity contribution in [3.63, 3.8) is 0 Å². The van der Waals surface area contributed by atoms with Crippen LogP contribution in [-0.4, -0.2) is 48.1 Å². The molecule has 1 aliphatic rings. The van der Waals surface area contributed by atoms with Crippen molar-refractivity contribution in [3.8, 4) is 0 Å². The molecule has 0 aromatic heterocycles. The maximum Gasteiger partial charge on any atom is 0.336 e. The zero-order valence-electron chi connectivity index (χ0n) is 18.0. The lowest BCUT2D eigenvalue weighted by molar-refractivity contribution is -0.384. The topological polar surface area (TPSA) is 134 Å². The summed E-state index contributed by atoms with van der Waals surface area (Å²) in [6, 6.07) is 5.85. The van der Waals surface area contributed by atoms with Crippen molar-refractivity contribution in [3.05, 3.63) is 62.5 Å². The Bertz CT molecular complexity index is 925. The Hall–Kier alpha value is -2.85. The first-order valence-electron chi connectivity index (χ1n) is 9.75. The monoisotopic (exact) mass is 449 g/mol. The molecule has 168 valence electrons. The summed E-state index contributed by atoms with van der Waals surface area (Å²) in [5.74, 6) is -1.02. The molecule has 1 aromatic rings. The number of non-ortho nitro benzene ring substituents is 1. The second kappa shape index (κ2) is 11.0. The van der Waals surface area contributed by atoms with E-state index in [1.807, 2.05) is 6.92 Å². The Balaban J connectivity index is 2.68. The molecule has 1 aliphatic heterocycles. The summed E-state index contributed by atoms with van der Waals surface area (Å²) >= 11 is 1.53. The molecule has 2 unspecified atom stereocenters. The van der Waals surface area contributed by atoms with Crippen molar-refractivity contribution in [2.24, 2.45) is 5.73 Å². The van der Waals surface area contributed by atoms with Gasteiger partial charge in [-0.25, -0.2) is 9.59 Å². The molecule has 0 amide bonds. The van der Waals surface area contributed by atoms with Gasteiger partial charge in [0, 0.05) is 41.1 Å². The van der Waals surface area contributed by atoms with Crippen LogP contribution in [0.2, 0.25) is 0 Å². The fourth-order valence-electron chi connectivity index (χ4n) is 3.34. The summed E-state index contributed by atoms with van der Waals surface area (Å²) in [5, 5.41) is 14.5. The highest BCUT2D eigenvalue weighted by Crippen LogP contribution is 2.40. The molecule has 9 nitrogen and oxygen atoms in total. The first kappa shape index (κ1) is 24.4. The molecule has 0 spiro atoms. The van der Waals surface area contributed by atoms with Crippen LogP contribution in [0.4, 0.5) is 5.69 Å². The number of esters is 2. The first-order valence-corrected chi connectivity index (χ1v) is 10.9. The standard InChI is InChI=1S/C21H27N3O6S/c1-5-30-21(26)19-16(11-31-10-12(2)22)23-13(3)17(20(25)29-4)18(19)14-7-6-8-15(9-14)24(27)28/h6-9,12,18,23H,5,10-11,22H2,1-4H3. The van der Waals surface area contributed by atoms with Crippen molar-refractivity contribution < 1.29 is 24.0 Å². The van der Waals surface area contributed by atoms with Crippen molar-refractivity contribution in [1.82, 2.24) is 5.32 Å². The number of carbonyl (C=O) groups is 2. The van der Waals surface area contributed by atoms with E-state index in [1.54, 1.807) is 19.9 Å². The summed E-state index contributed by atoms with van der Waals surface area (Å²) in [5.41, 5.74) is 7.63. The number of benzene rings is 1. The van der Waals surface area contributed by atoms with Crippen molar-refractivity contribution >= 4 is 29.4 Å². The number of hydrogen-bond donors (Lipinski definition) is 2. The number of nitrogens with one attached hydrogen (secondary N) is 1. The van der Waals surface area contributed by atoms with E-state index in [1.165, 1.54) is 37.1 Å². The molecule has 0 saturated carbocycles. The average molecular weight is 450 g/mol. The number of rotatable bonds is 9. The summed E-state index contributed by atoms with van der Waals surface area (Å²) in [6.45, 7) is 5.41. The summed E-state index contributed by atoms with van der Waals surface area (Å²) < 4.78 is 10.2. The molecule has 0 aliphatic carbocycles. The minimum atomic E-state index is -0.876. The number of methoxy groups -OCH3 is 1. The van der Waals surface area contributed by atoms with Crippen molar-refractivity contribution in [2.75, 3.05) is 25.2 Å². The number of hydrogen-bond acceptors (Lipinski definition) is 9. The predicted molar refractivity (Wildman–Crippen MR) is 118 cm³/mol. The van der Waals surface area contributed by atoms with Gasteiger partial charge in [-0.05, 0) is 26.3 Å². The van der Waals surface area contributed by atoms with E-state index in [9.17, 15) is 19.7 Å². The normalized spacial score (nSPS) is 17.1. The van der Waals surface area contributed by atoms with Crippen LogP contribution >= 0.6 is 11.8 Å². The number of nitrogens with zero attached hydrogens (tertiary/aromatic N) is 1. The van der Waals surface area contributed by atoms with E-state index >= 15 is 0 Å². The SMILES string of the molecule is CCOC(=O)C1=C(CSCC(C)N)NC(C)=C(C(=O)OC)C1c1cccc([N+](=O)[O-])c1. The van der Waals surface area contributed by atoms with Crippen LogP contribution in [0.25, 0.3) is 0 Å². The molecule has 0 saturated heterocycles. The predicted octanol–water partition coefficient (Wildman–Crippen LogP) is 2.63. The third-order valence-electron chi connectivity index (χ3n) is 4.59. The number of ether oxygens (including phenoxy) is 2. The van der Waals surface area contributed by atoms with E-state index < -0.39 is 22.8 Å². The molecule has 0 radical (unpaired) electrons. The van der Waals surface area contributed by atoms with Crippen molar-refractivity contribution in [1.29, 1.82) is 0 Å². The van der Waals surface area contributed by atoms with Gasteiger partial charge >= 0.3 is 11.9 Å². The van der Waals surface area contributed by atoms with Crippen LogP contribution in [-0.2, 0) is 19.1 Å². The summed E-state index contributed by atoms with van der Waals surface area (Å²) in [4.78, 5) is 36.5. The fraction of sp³-hybridized carbons (Fsp3) is 0.429. The van der Waals surface area contributed by atoms with Gasteiger partial charge in [0.15, 0.2) is 0 Å². The number of nitro groups is 1. The van der Waals surface area contributed by atoms with E-state index in [-0.39, 0.29) is 29.5 Å². The number of nitro benzene ring substituents is 1. The minimum Gasteiger partial charge on any atom is -0.466 e.